The highest BCUT2D eigenvalue weighted by Gasteiger charge is 2.15. The normalized spacial score (nSPS) is 15.2. The van der Waals surface area contributed by atoms with Crippen LogP contribution >= 0.6 is 11.6 Å². The van der Waals surface area contributed by atoms with Crippen LogP contribution in [0, 0.1) is 5.41 Å². The summed E-state index contributed by atoms with van der Waals surface area (Å²) >= 11 is 5.91. The minimum atomic E-state index is 0.00830. The summed E-state index contributed by atoms with van der Waals surface area (Å²) in [5, 5.41) is 11.0. The number of hydrogen-bond donors (Lipinski definition) is 2. The first kappa shape index (κ1) is 17.3. The van der Waals surface area contributed by atoms with Crippen LogP contribution < -0.4 is 5.32 Å². The van der Waals surface area contributed by atoms with Gasteiger partial charge in [0, 0.05) is 42.8 Å². The Morgan fingerprint density at radius 3 is 2.92 bits per heavy atom. The Morgan fingerprint density at radius 2 is 2.16 bits per heavy atom. The van der Waals surface area contributed by atoms with Crippen molar-refractivity contribution in [2.45, 2.75) is 0 Å². The lowest BCUT2D eigenvalue weighted by molar-refractivity contribution is -0.134. The third-order valence-corrected chi connectivity index (χ3v) is 4.08. The molecule has 0 aromatic carbocycles. The molecular formula is C17H18ClN5O2. The highest BCUT2D eigenvalue weighted by atomic mass is 35.5. The number of halogens is 1. The predicted octanol–water partition coefficient (Wildman–Crippen LogP) is 1.72. The third-order valence-electron chi connectivity index (χ3n) is 3.87. The summed E-state index contributed by atoms with van der Waals surface area (Å²) < 4.78 is 5.23. The Kier molecular flexibility index (Phi) is 5.57. The molecular weight excluding hydrogens is 342 g/mol. The zero-order valence-electron chi connectivity index (χ0n) is 13.5. The molecule has 7 nitrogen and oxygen atoms in total. The number of nitrogens with one attached hydrogen (secondary N) is 2. The number of morpholine rings is 1. The van der Waals surface area contributed by atoms with Gasteiger partial charge < -0.3 is 20.4 Å². The third kappa shape index (κ3) is 4.32. The summed E-state index contributed by atoms with van der Waals surface area (Å²) in [5.74, 6) is 0.00830. The lowest BCUT2D eigenvalue weighted by atomic mass is 10.1. The Bertz CT molecular complexity index is 818. The summed E-state index contributed by atoms with van der Waals surface area (Å²) in [6.07, 6.45) is 4.51. The summed E-state index contributed by atoms with van der Waals surface area (Å²) in [6, 6.07) is 5.29. The zero-order valence-corrected chi connectivity index (χ0v) is 14.3. The number of hydrogen-bond acceptors (Lipinski definition) is 6. The number of allylic oxidation sites excluding steroid dienone is 1. The van der Waals surface area contributed by atoms with Gasteiger partial charge in [-0.2, -0.15) is 0 Å². The van der Waals surface area contributed by atoms with Gasteiger partial charge >= 0.3 is 0 Å². The SMILES string of the molecule is N=C/C(=C\NCC(=O)N1CCOCC1)c1cnc2ccc(Cl)nc2c1. The molecule has 1 aliphatic heterocycles. The van der Waals surface area contributed by atoms with Crippen LogP contribution in [0.25, 0.3) is 16.6 Å². The first-order valence-corrected chi connectivity index (χ1v) is 8.27. The van der Waals surface area contributed by atoms with Crippen molar-refractivity contribution < 1.29 is 9.53 Å². The fraction of sp³-hybridized carbons (Fsp3) is 0.294. The molecule has 130 valence electrons. The topological polar surface area (TPSA) is 91.2 Å². The number of rotatable bonds is 5. The number of ether oxygens (including phenoxy) is 1. The summed E-state index contributed by atoms with van der Waals surface area (Å²) in [5.41, 5.74) is 2.71. The van der Waals surface area contributed by atoms with Gasteiger partial charge in [-0.25, -0.2) is 4.98 Å². The second-order valence-corrected chi connectivity index (χ2v) is 5.90. The largest absolute Gasteiger partial charge is 0.382 e. The van der Waals surface area contributed by atoms with Crippen LogP contribution in [-0.4, -0.2) is 59.8 Å². The molecule has 1 fully saturated rings. The van der Waals surface area contributed by atoms with Gasteiger partial charge in [-0.1, -0.05) is 11.6 Å². The van der Waals surface area contributed by atoms with Crippen LogP contribution in [0.1, 0.15) is 5.56 Å². The Balaban J connectivity index is 1.69. The number of fused-ring (bicyclic) bond motifs is 1. The maximum atomic E-state index is 12.1. The molecule has 0 aliphatic carbocycles. The van der Waals surface area contributed by atoms with Crippen molar-refractivity contribution in [1.82, 2.24) is 20.2 Å². The maximum Gasteiger partial charge on any atom is 0.242 e. The number of carbonyl (C=O) groups is 1. The Hall–Kier alpha value is -2.51. The van der Waals surface area contributed by atoms with Crippen LogP contribution in [0.5, 0.6) is 0 Å². The smallest absolute Gasteiger partial charge is 0.242 e. The molecule has 0 spiro atoms. The number of carbonyl (C=O) groups excluding carboxylic acids is 1. The molecule has 3 rings (SSSR count). The van der Waals surface area contributed by atoms with Gasteiger partial charge in [0.2, 0.25) is 5.91 Å². The predicted molar refractivity (Wildman–Crippen MR) is 96.7 cm³/mol. The molecule has 0 bridgehead atoms. The van der Waals surface area contributed by atoms with Crippen LogP contribution in [0.4, 0.5) is 0 Å². The molecule has 0 radical (unpaired) electrons. The van der Waals surface area contributed by atoms with E-state index < -0.39 is 0 Å². The summed E-state index contributed by atoms with van der Waals surface area (Å²) in [6.45, 7) is 2.55. The van der Waals surface area contributed by atoms with Gasteiger partial charge in [-0.05, 0) is 18.2 Å². The quantitative estimate of drug-likeness (QED) is 0.626. The summed E-state index contributed by atoms with van der Waals surface area (Å²) in [4.78, 5) is 22.4. The molecule has 1 amide bonds. The van der Waals surface area contributed by atoms with E-state index in [0.29, 0.717) is 42.5 Å². The average Bonchev–Trinajstić information content (AvgIpc) is 2.65. The monoisotopic (exact) mass is 359 g/mol. The number of nitrogens with zero attached hydrogens (tertiary/aromatic N) is 3. The Morgan fingerprint density at radius 1 is 1.36 bits per heavy atom. The van der Waals surface area contributed by atoms with Crippen molar-refractivity contribution in [3.8, 4) is 0 Å². The van der Waals surface area contributed by atoms with Crippen molar-refractivity contribution >= 4 is 40.3 Å². The van der Waals surface area contributed by atoms with Gasteiger partial charge in [-0.15, -0.1) is 0 Å². The molecule has 8 heteroatoms. The van der Waals surface area contributed by atoms with Crippen LogP contribution in [0.15, 0.2) is 30.6 Å². The van der Waals surface area contributed by atoms with E-state index in [2.05, 4.69) is 15.3 Å². The van der Waals surface area contributed by atoms with Crippen LogP contribution in [0.2, 0.25) is 5.15 Å². The van der Waals surface area contributed by atoms with Crippen molar-refractivity contribution in [3.63, 3.8) is 0 Å². The van der Waals surface area contributed by atoms with Crippen molar-refractivity contribution in [2.24, 2.45) is 0 Å². The first-order valence-electron chi connectivity index (χ1n) is 7.89. The van der Waals surface area contributed by atoms with Gasteiger partial charge in [0.25, 0.3) is 0 Å². The standard InChI is InChI=1S/C17H18ClN5O2/c18-16-2-1-14-15(22-16)7-12(10-21-14)13(8-19)9-20-11-17(24)23-3-5-25-6-4-23/h1-2,7-10,19-20H,3-6,11H2/b13-9+,19-8?. The highest BCUT2D eigenvalue weighted by Crippen LogP contribution is 2.18. The molecule has 0 unspecified atom stereocenters. The lowest BCUT2D eigenvalue weighted by Crippen LogP contribution is -2.44. The van der Waals surface area contributed by atoms with Crippen molar-refractivity contribution in [2.75, 3.05) is 32.8 Å². The number of pyridine rings is 2. The van der Waals surface area contributed by atoms with E-state index in [-0.39, 0.29) is 12.5 Å². The van der Waals surface area contributed by atoms with Gasteiger partial charge in [0.15, 0.2) is 0 Å². The van der Waals surface area contributed by atoms with E-state index in [1.807, 2.05) is 6.07 Å². The fourth-order valence-corrected chi connectivity index (χ4v) is 2.67. The summed E-state index contributed by atoms with van der Waals surface area (Å²) in [7, 11) is 0. The molecule has 2 N–H and O–H groups in total. The molecule has 25 heavy (non-hydrogen) atoms. The van der Waals surface area contributed by atoms with Crippen molar-refractivity contribution in [1.29, 1.82) is 5.41 Å². The van der Waals surface area contributed by atoms with Crippen molar-refractivity contribution in [3.05, 3.63) is 41.3 Å². The molecule has 2 aromatic heterocycles. The second-order valence-electron chi connectivity index (χ2n) is 5.51. The number of aromatic nitrogens is 2. The molecule has 2 aromatic rings. The molecule has 3 heterocycles. The van der Waals surface area contributed by atoms with E-state index in [9.17, 15) is 4.79 Å². The van der Waals surface area contributed by atoms with E-state index in [1.165, 1.54) is 6.21 Å². The Labute approximate surface area is 150 Å². The van der Waals surface area contributed by atoms with E-state index in [0.717, 1.165) is 11.1 Å². The van der Waals surface area contributed by atoms with E-state index >= 15 is 0 Å². The lowest BCUT2D eigenvalue weighted by Gasteiger charge is -2.26. The zero-order chi connectivity index (χ0) is 17.6. The molecule has 1 saturated heterocycles. The highest BCUT2D eigenvalue weighted by molar-refractivity contribution is 6.29. The molecule has 0 atom stereocenters. The fourth-order valence-electron chi connectivity index (χ4n) is 2.52. The minimum absolute atomic E-state index is 0.00830. The van der Waals surface area contributed by atoms with Crippen LogP contribution in [-0.2, 0) is 9.53 Å². The van der Waals surface area contributed by atoms with Gasteiger partial charge in [0.05, 0.1) is 30.8 Å². The average molecular weight is 360 g/mol. The number of amides is 1. The maximum absolute atomic E-state index is 12.1. The second kappa shape index (κ2) is 8.04. The van der Waals surface area contributed by atoms with Gasteiger partial charge in [-0.3, -0.25) is 9.78 Å². The molecule has 1 aliphatic rings. The van der Waals surface area contributed by atoms with Gasteiger partial charge in [0.1, 0.15) is 5.15 Å². The van der Waals surface area contributed by atoms with E-state index in [4.69, 9.17) is 21.7 Å². The first-order chi connectivity index (χ1) is 12.2. The molecule has 0 saturated carbocycles. The van der Waals surface area contributed by atoms with Crippen LogP contribution in [0.3, 0.4) is 0 Å². The minimum Gasteiger partial charge on any atom is -0.382 e. The van der Waals surface area contributed by atoms with E-state index in [1.54, 1.807) is 29.4 Å².